The molecule has 2 rings (SSSR count). The van der Waals surface area contributed by atoms with Gasteiger partial charge in [0.15, 0.2) is 0 Å². The first-order valence-corrected chi connectivity index (χ1v) is 10.0. The molecule has 0 aliphatic rings. The Morgan fingerprint density at radius 3 is 2.41 bits per heavy atom. The molecule has 0 amide bonds. The first-order valence-electron chi connectivity index (χ1n) is 13.5. The Bertz CT molecular complexity index is 1180. The zero-order valence-corrected chi connectivity index (χ0v) is 17.8. The van der Waals surface area contributed by atoms with Crippen molar-refractivity contribution in [2.24, 2.45) is 0 Å². The minimum absolute atomic E-state index is 0.0888. The molecule has 2 atom stereocenters. The van der Waals surface area contributed by atoms with Crippen molar-refractivity contribution in [1.82, 2.24) is 4.98 Å². The number of aliphatic carboxylic acids is 1. The third-order valence-electron chi connectivity index (χ3n) is 4.85. The molecule has 2 aromatic rings. The van der Waals surface area contributed by atoms with Crippen LogP contribution >= 0.6 is 0 Å². The van der Waals surface area contributed by atoms with Gasteiger partial charge in [-0.3, -0.25) is 9.78 Å². The van der Waals surface area contributed by atoms with Crippen LogP contribution in [-0.4, -0.2) is 43.6 Å². The molecule has 0 fully saturated rings. The second-order valence-corrected chi connectivity index (χ2v) is 7.72. The number of rotatable bonds is 10. The molecule has 32 heavy (non-hydrogen) atoms. The molecule has 1 aromatic carbocycles. The lowest BCUT2D eigenvalue weighted by Gasteiger charge is -2.23. The van der Waals surface area contributed by atoms with E-state index in [9.17, 15) is 24.5 Å². The number of carboxylic acid groups (broad SMARTS) is 1. The van der Waals surface area contributed by atoms with Crippen molar-refractivity contribution in [2.75, 3.05) is 0 Å². The third-order valence-corrected chi connectivity index (χ3v) is 4.85. The molecule has 7 heteroatoms. The molecule has 0 radical (unpaired) electrons. The third kappa shape index (κ3) is 6.45. The Labute approximate surface area is 197 Å². The Hall–Kier alpha value is -2.61. The fraction of sp³-hybridized carbons (Fsp3) is 0.440. The summed E-state index contributed by atoms with van der Waals surface area (Å²) in [5, 5.41) is 39.5. The second-order valence-electron chi connectivity index (χ2n) is 7.72. The highest BCUT2D eigenvalue weighted by atomic mass is 19.1. The van der Waals surface area contributed by atoms with E-state index in [1.54, 1.807) is 13.8 Å². The van der Waals surface area contributed by atoms with E-state index in [0.717, 1.165) is 12.1 Å². The molecule has 0 saturated heterocycles. The van der Waals surface area contributed by atoms with Gasteiger partial charge in [0.05, 0.1) is 30.9 Å². The first kappa shape index (κ1) is 16.9. The monoisotopic (exact) mass is 452 g/mol. The highest BCUT2D eigenvalue weighted by molar-refractivity contribution is 5.80. The Balaban J connectivity index is 2.96. The molecule has 1 aromatic heterocycles. The fourth-order valence-electron chi connectivity index (χ4n) is 3.42. The molecule has 0 bridgehead atoms. The maximum atomic E-state index is 13.8. The van der Waals surface area contributed by atoms with E-state index in [-0.39, 0.29) is 34.4 Å². The van der Waals surface area contributed by atoms with Gasteiger partial charge in [0, 0.05) is 32.8 Å². The number of nitrogens with zero attached hydrogens (tertiary/aromatic N) is 1. The van der Waals surface area contributed by atoms with E-state index >= 15 is 0 Å². The number of pyridine rings is 1. The molecule has 0 aliphatic heterocycles. The summed E-state index contributed by atoms with van der Waals surface area (Å²) in [6.45, 7) is -4.34. The predicted octanol–water partition coefficient (Wildman–Crippen LogP) is 4.23. The van der Waals surface area contributed by atoms with Gasteiger partial charge in [-0.2, -0.15) is 0 Å². The Morgan fingerprint density at radius 2 is 1.88 bits per heavy atom. The molecule has 0 saturated carbocycles. The average Bonchev–Trinajstić information content (AvgIpc) is 2.79. The summed E-state index contributed by atoms with van der Waals surface area (Å²) in [4.78, 5) is 15.2. The Kier molecular flexibility index (Phi) is 5.99. The van der Waals surface area contributed by atoms with Crippen molar-refractivity contribution in [3.8, 4) is 11.1 Å². The van der Waals surface area contributed by atoms with Gasteiger partial charge in [-0.05, 0) is 35.1 Å². The van der Waals surface area contributed by atoms with Crippen LogP contribution in [0.4, 0.5) is 4.39 Å². The molecule has 1 heterocycles. The number of carbonyl (C=O) groups is 1. The lowest BCUT2D eigenvalue weighted by molar-refractivity contribution is -0.139. The number of hydrogen-bond acceptors (Lipinski definition) is 5. The molecule has 4 N–H and O–H groups in total. The van der Waals surface area contributed by atoms with Crippen molar-refractivity contribution < 1.29 is 39.2 Å². The molecule has 174 valence electrons. The van der Waals surface area contributed by atoms with Gasteiger partial charge in [0.25, 0.3) is 0 Å². The van der Waals surface area contributed by atoms with Crippen molar-refractivity contribution in [1.29, 1.82) is 0 Å². The SMILES string of the molecule is [2H]C([2H])([2H])C([2H])(c1nc(C(C)C)c(/C=C/[C@@H](O)C[C@@H](O)CC(=O)O)c(-c2ccc(F)cc2)c1CO)C([2H])([2H])[2H]. The van der Waals surface area contributed by atoms with Crippen LogP contribution in [0.2, 0.25) is 0 Å². The molecule has 0 spiro atoms. The standard InChI is InChI=1S/C25H32FNO5/c1-14(2)24-20(10-9-18(29)11-19(30)12-22(31)32)23(16-5-7-17(26)8-6-16)21(13-28)25(27-24)15(3)4/h5-10,14-15,18-19,28-30H,11-13H2,1-4H3,(H,31,32)/b10-9+/t18-,19-/m1/s1/i3D3,4D3,15D. The molecule has 0 unspecified atom stereocenters. The first-order chi connectivity index (χ1) is 17.8. The highest BCUT2D eigenvalue weighted by Gasteiger charge is 2.22. The van der Waals surface area contributed by atoms with E-state index in [1.165, 1.54) is 24.3 Å². The summed E-state index contributed by atoms with van der Waals surface area (Å²) in [6, 6.07) is 4.88. The molecule has 0 aliphatic carbocycles. The Morgan fingerprint density at radius 1 is 1.22 bits per heavy atom. The van der Waals surface area contributed by atoms with Gasteiger partial charge >= 0.3 is 5.97 Å². The summed E-state index contributed by atoms with van der Waals surface area (Å²) < 4.78 is 70.1. The van der Waals surface area contributed by atoms with Crippen LogP contribution in [0.3, 0.4) is 0 Å². The maximum absolute atomic E-state index is 13.8. The van der Waals surface area contributed by atoms with E-state index < -0.39 is 68.2 Å². The number of halogens is 1. The summed E-state index contributed by atoms with van der Waals surface area (Å²) in [5.74, 6) is -5.57. The van der Waals surface area contributed by atoms with Crippen molar-refractivity contribution in [2.45, 2.75) is 71.0 Å². The smallest absolute Gasteiger partial charge is 0.305 e. The van der Waals surface area contributed by atoms with Crippen LogP contribution in [0, 0.1) is 5.82 Å². The number of hydrogen-bond donors (Lipinski definition) is 4. The van der Waals surface area contributed by atoms with E-state index in [2.05, 4.69) is 4.98 Å². The van der Waals surface area contributed by atoms with Gasteiger partial charge in [-0.1, -0.05) is 51.8 Å². The highest BCUT2D eigenvalue weighted by Crippen LogP contribution is 2.37. The summed E-state index contributed by atoms with van der Waals surface area (Å²) >= 11 is 0. The van der Waals surface area contributed by atoms with E-state index in [4.69, 9.17) is 14.7 Å². The van der Waals surface area contributed by atoms with Gasteiger partial charge in [-0.25, -0.2) is 4.39 Å². The van der Waals surface area contributed by atoms with Crippen LogP contribution < -0.4 is 0 Å². The van der Waals surface area contributed by atoms with Crippen LogP contribution in [0.1, 0.15) is 84.3 Å². The normalized spacial score (nSPS) is 18.2. The quantitative estimate of drug-likeness (QED) is 0.429. The van der Waals surface area contributed by atoms with Gasteiger partial charge in [-0.15, -0.1) is 0 Å². The van der Waals surface area contributed by atoms with Crippen molar-refractivity contribution in [3.63, 3.8) is 0 Å². The minimum atomic E-state index is -3.39. The minimum Gasteiger partial charge on any atom is -0.481 e. The average molecular weight is 453 g/mol. The number of carboxylic acids is 1. The summed E-state index contributed by atoms with van der Waals surface area (Å²) in [5.41, 5.74) is -0.234. The predicted molar refractivity (Wildman–Crippen MR) is 122 cm³/mol. The molecular formula is C25H32FNO5. The largest absolute Gasteiger partial charge is 0.481 e. The number of benzene rings is 1. The molecule has 6 nitrogen and oxygen atoms in total. The zero-order valence-electron chi connectivity index (χ0n) is 24.8. The van der Waals surface area contributed by atoms with Crippen molar-refractivity contribution >= 4 is 12.0 Å². The summed E-state index contributed by atoms with van der Waals surface area (Å²) in [7, 11) is 0. The van der Waals surface area contributed by atoms with Crippen LogP contribution in [0.5, 0.6) is 0 Å². The number of aliphatic hydroxyl groups is 3. The van der Waals surface area contributed by atoms with Gasteiger partial charge < -0.3 is 20.4 Å². The van der Waals surface area contributed by atoms with Gasteiger partial charge in [0.1, 0.15) is 5.82 Å². The lowest BCUT2D eigenvalue weighted by atomic mass is 9.87. The van der Waals surface area contributed by atoms with Gasteiger partial charge in [0.2, 0.25) is 0 Å². The number of aliphatic hydroxyl groups excluding tert-OH is 3. The van der Waals surface area contributed by atoms with Crippen LogP contribution in [0.15, 0.2) is 30.3 Å². The maximum Gasteiger partial charge on any atom is 0.305 e. The van der Waals surface area contributed by atoms with Crippen LogP contribution in [0.25, 0.3) is 17.2 Å². The van der Waals surface area contributed by atoms with E-state index in [1.807, 2.05) is 0 Å². The second kappa shape index (κ2) is 11.3. The molecular weight excluding hydrogens is 413 g/mol. The fourth-order valence-corrected chi connectivity index (χ4v) is 3.42. The topological polar surface area (TPSA) is 111 Å². The number of aromatic nitrogens is 1. The van der Waals surface area contributed by atoms with Crippen LogP contribution in [-0.2, 0) is 11.4 Å². The van der Waals surface area contributed by atoms with Crippen molar-refractivity contribution in [3.05, 3.63) is 58.7 Å². The van der Waals surface area contributed by atoms with E-state index in [0.29, 0.717) is 0 Å². The zero-order chi connectivity index (χ0) is 29.9. The summed E-state index contributed by atoms with van der Waals surface area (Å²) in [6.07, 6.45) is -0.972. The lowest BCUT2D eigenvalue weighted by Crippen LogP contribution is -2.19.